The van der Waals surface area contributed by atoms with Crippen molar-refractivity contribution in [1.29, 1.82) is 0 Å². The molecule has 2 nitrogen and oxygen atoms in total. The fraction of sp³-hybridized carbons (Fsp3) is 0.455. The van der Waals surface area contributed by atoms with Gasteiger partial charge in [-0.1, -0.05) is 0 Å². The van der Waals surface area contributed by atoms with Crippen LogP contribution in [0.2, 0.25) is 0 Å². The van der Waals surface area contributed by atoms with Gasteiger partial charge in [-0.15, -0.1) is 0 Å². The van der Waals surface area contributed by atoms with Crippen LogP contribution in [0.25, 0.3) is 0 Å². The molecule has 0 saturated carbocycles. The van der Waals surface area contributed by atoms with Crippen LogP contribution in [0.1, 0.15) is 26.3 Å². The Balaban J connectivity index is 3.41. The van der Waals surface area contributed by atoms with Crippen LogP contribution in [0, 0.1) is 0 Å². The van der Waals surface area contributed by atoms with Crippen molar-refractivity contribution in [2.45, 2.75) is 36.6 Å². The molecule has 0 aromatic heterocycles. The maximum absolute atomic E-state index is 12.5. The van der Waals surface area contributed by atoms with Crippen LogP contribution in [0.4, 0.5) is 13.2 Å². The molecule has 0 spiro atoms. The molecule has 1 aromatic rings. The smallest absolute Gasteiger partial charge is 0.223 e. The SMILES string of the molecule is CC(C)(C)S(=O)(=O)c1ccc(C(F)(F)F)cc1Br. The summed E-state index contributed by atoms with van der Waals surface area (Å²) in [5, 5.41) is 0. The summed E-state index contributed by atoms with van der Waals surface area (Å²) >= 11 is 2.89. The van der Waals surface area contributed by atoms with Gasteiger partial charge in [0.05, 0.1) is 15.2 Å². The molecular formula is C11H12BrF3O2S. The van der Waals surface area contributed by atoms with Gasteiger partial charge in [0.2, 0.25) is 0 Å². The average molecular weight is 345 g/mol. The molecule has 1 rings (SSSR count). The normalized spacial score (nSPS) is 13.7. The van der Waals surface area contributed by atoms with Gasteiger partial charge in [0.15, 0.2) is 9.84 Å². The molecule has 0 heterocycles. The van der Waals surface area contributed by atoms with Crippen LogP contribution >= 0.6 is 15.9 Å². The molecule has 0 aliphatic heterocycles. The second kappa shape index (κ2) is 4.52. The van der Waals surface area contributed by atoms with E-state index < -0.39 is 26.3 Å². The molecule has 0 fully saturated rings. The molecule has 0 bridgehead atoms. The summed E-state index contributed by atoms with van der Waals surface area (Å²) in [5.41, 5.74) is -0.887. The molecule has 18 heavy (non-hydrogen) atoms. The van der Waals surface area contributed by atoms with Gasteiger partial charge in [-0.05, 0) is 54.9 Å². The van der Waals surface area contributed by atoms with Crippen molar-refractivity contribution in [3.8, 4) is 0 Å². The van der Waals surface area contributed by atoms with Crippen molar-refractivity contribution in [3.05, 3.63) is 28.2 Å². The number of sulfone groups is 1. The van der Waals surface area contributed by atoms with Crippen LogP contribution < -0.4 is 0 Å². The lowest BCUT2D eigenvalue weighted by atomic mass is 10.2. The minimum Gasteiger partial charge on any atom is -0.223 e. The summed E-state index contributed by atoms with van der Waals surface area (Å²) < 4.78 is 60.5. The highest BCUT2D eigenvalue weighted by atomic mass is 79.9. The topological polar surface area (TPSA) is 34.1 Å². The Labute approximate surface area is 112 Å². The van der Waals surface area contributed by atoms with Gasteiger partial charge in [-0.25, -0.2) is 8.42 Å². The van der Waals surface area contributed by atoms with E-state index in [1.54, 1.807) is 0 Å². The van der Waals surface area contributed by atoms with Crippen LogP contribution in [-0.4, -0.2) is 13.2 Å². The van der Waals surface area contributed by atoms with E-state index in [1.807, 2.05) is 0 Å². The third-order valence-electron chi connectivity index (χ3n) is 2.35. The predicted octanol–water partition coefficient (Wildman–Crippen LogP) is 4.04. The molecule has 0 N–H and O–H groups in total. The van der Waals surface area contributed by atoms with Gasteiger partial charge >= 0.3 is 6.18 Å². The number of halogens is 4. The molecule has 7 heteroatoms. The third-order valence-corrected chi connectivity index (χ3v) is 5.82. The van der Waals surface area contributed by atoms with Crippen LogP contribution in [0.15, 0.2) is 27.6 Å². The summed E-state index contributed by atoms with van der Waals surface area (Å²) in [6, 6.07) is 2.52. The number of alkyl halides is 3. The lowest BCUT2D eigenvalue weighted by Gasteiger charge is -2.20. The van der Waals surface area contributed by atoms with Gasteiger partial charge in [0.25, 0.3) is 0 Å². The van der Waals surface area contributed by atoms with Gasteiger partial charge in [-0.3, -0.25) is 0 Å². The molecule has 102 valence electrons. The van der Waals surface area contributed by atoms with E-state index in [0.717, 1.165) is 18.2 Å². The maximum atomic E-state index is 12.5. The van der Waals surface area contributed by atoms with E-state index >= 15 is 0 Å². The van der Waals surface area contributed by atoms with Crippen molar-refractivity contribution >= 4 is 25.8 Å². The van der Waals surface area contributed by atoms with Gasteiger partial charge in [0.1, 0.15) is 0 Å². The van der Waals surface area contributed by atoms with Gasteiger partial charge in [0, 0.05) is 4.47 Å². The second-order valence-corrected chi connectivity index (χ2v) is 8.28. The minimum absolute atomic E-state index is 0.0766. The first-order valence-electron chi connectivity index (χ1n) is 4.99. The zero-order chi connectivity index (χ0) is 14.4. The molecular weight excluding hydrogens is 333 g/mol. The molecule has 0 aliphatic carbocycles. The Bertz CT molecular complexity index is 557. The molecule has 1 aromatic carbocycles. The van der Waals surface area contributed by atoms with Crippen molar-refractivity contribution in [1.82, 2.24) is 0 Å². The fourth-order valence-corrected chi connectivity index (χ4v) is 3.47. The van der Waals surface area contributed by atoms with Crippen LogP contribution in [0.5, 0.6) is 0 Å². The van der Waals surface area contributed by atoms with E-state index in [1.165, 1.54) is 20.8 Å². The number of hydrogen-bond acceptors (Lipinski definition) is 2. The maximum Gasteiger partial charge on any atom is 0.416 e. The van der Waals surface area contributed by atoms with E-state index in [-0.39, 0.29) is 9.37 Å². The van der Waals surface area contributed by atoms with E-state index in [4.69, 9.17) is 0 Å². The monoisotopic (exact) mass is 344 g/mol. The summed E-state index contributed by atoms with van der Waals surface area (Å²) in [7, 11) is -3.68. The Morgan fingerprint density at radius 2 is 1.61 bits per heavy atom. The second-order valence-electron chi connectivity index (χ2n) is 4.76. The molecule has 0 radical (unpaired) electrons. The largest absolute Gasteiger partial charge is 0.416 e. The molecule has 0 atom stereocenters. The molecule has 0 unspecified atom stereocenters. The highest BCUT2D eigenvalue weighted by Crippen LogP contribution is 2.36. The lowest BCUT2D eigenvalue weighted by Crippen LogP contribution is -2.28. The highest BCUT2D eigenvalue weighted by Gasteiger charge is 2.35. The third kappa shape index (κ3) is 2.88. The first-order chi connectivity index (χ1) is 7.87. The standard InChI is InChI=1S/C11H12BrF3O2S/c1-10(2,3)18(16,17)9-5-4-7(6-8(9)12)11(13,14)15/h4-6H,1-3H3. The number of benzene rings is 1. The number of hydrogen-bond donors (Lipinski definition) is 0. The Morgan fingerprint density at radius 3 is 1.94 bits per heavy atom. The van der Waals surface area contributed by atoms with E-state index in [9.17, 15) is 21.6 Å². The Kier molecular flexibility index (Phi) is 3.89. The highest BCUT2D eigenvalue weighted by molar-refractivity contribution is 9.10. The number of rotatable bonds is 1. The zero-order valence-corrected chi connectivity index (χ0v) is 12.4. The van der Waals surface area contributed by atoms with E-state index in [0.29, 0.717) is 0 Å². The van der Waals surface area contributed by atoms with Crippen LogP contribution in [0.3, 0.4) is 0 Å². The zero-order valence-electron chi connectivity index (χ0n) is 9.97. The molecule has 0 amide bonds. The summed E-state index contributed by atoms with van der Waals surface area (Å²) in [6.45, 7) is 4.48. The minimum atomic E-state index is -4.49. The summed E-state index contributed by atoms with van der Waals surface area (Å²) in [4.78, 5) is -0.136. The fourth-order valence-electron chi connectivity index (χ4n) is 1.22. The van der Waals surface area contributed by atoms with E-state index in [2.05, 4.69) is 15.9 Å². The lowest BCUT2D eigenvalue weighted by molar-refractivity contribution is -0.137. The van der Waals surface area contributed by atoms with Crippen molar-refractivity contribution in [2.24, 2.45) is 0 Å². The molecule has 0 aliphatic rings. The van der Waals surface area contributed by atoms with Crippen molar-refractivity contribution < 1.29 is 21.6 Å². The van der Waals surface area contributed by atoms with Crippen molar-refractivity contribution in [3.63, 3.8) is 0 Å². The van der Waals surface area contributed by atoms with Crippen molar-refractivity contribution in [2.75, 3.05) is 0 Å². The Morgan fingerprint density at radius 1 is 1.11 bits per heavy atom. The first-order valence-corrected chi connectivity index (χ1v) is 7.26. The molecule has 0 saturated heterocycles. The predicted molar refractivity (Wildman–Crippen MR) is 66.1 cm³/mol. The quantitative estimate of drug-likeness (QED) is 0.770. The van der Waals surface area contributed by atoms with Gasteiger partial charge < -0.3 is 0 Å². The summed E-state index contributed by atoms with van der Waals surface area (Å²) in [6.07, 6.45) is -4.49. The average Bonchev–Trinajstić information content (AvgIpc) is 2.13. The van der Waals surface area contributed by atoms with Crippen LogP contribution in [-0.2, 0) is 16.0 Å². The Hall–Kier alpha value is -0.560. The first kappa shape index (κ1) is 15.5. The summed E-state index contributed by atoms with van der Waals surface area (Å²) in [5.74, 6) is 0. The van der Waals surface area contributed by atoms with Gasteiger partial charge in [-0.2, -0.15) is 13.2 Å².